The summed E-state index contributed by atoms with van der Waals surface area (Å²) in [6.07, 6.45) is 1.51. The van der Waals surface area contributed by atoms with Crippen molar-refractivity contribution >= 4 is 17.6 Å². The number of anilines is 1. The standard InChI is InChI=1S/C13H20FN5/c1-3-7-19(13(17)18-12(15)16)11-6-5-9(4-2)8-10(11)14/h5-6,8H,3-4,7H2,1-2H3,(H5,15,16,17,18). The van der Waals surface area contributed by atoms with Crippen molar-refractivity contribution < 1.29 is 4.39 Å². The average molecular weight is 265 g/mol. The van der Waals surface area contributed by atoms with E-state index in [1.54, 1.807) is 6.07 Å². The average Bonchev–Trinajstić information content (AvgIpc) is 2.35. The Kier molecular flexibility index (Phi) is 5.29. The van der Waals surface area contributed by atoms with Crippen LogP contribution < -0.4 is 16.4 Å². The van der Waals surface area contributed by atoms with Gasteiger partial charge in [-0.15, -0.1) is 0 Å². The highest BCUT2D eigenvalue weighted by Gasteiger charge is 2.15. The highest BCUT2D eigenvalue weighted by atomic mass is 19.1. The van der Waals surface area contributed by atoms with Crippen LogP contribution in [0.15, 0.2) is 23.2 Å². The second-order valence-corrected chi connectivity index (χ2v) is 4.15. The van der Waals surface area contributed by atoms with Gasteiger partial charge in [0, 0.05) is 6.54 Å². The number of hydrogen-bond acceptors (Lipinski definition) is 1. The molecule has 0 amide bonds. The first kappa shape index (κ1) is 14.9. The van der Waals surface area contributed by atoms with E-state index in [4.69, 9.17) is 16.9 Å². The van der Waals surface area contributed by atoms with Gasteiger partial charge in [-0.25, -0.2) is 4.39 Å². The van der Waals surface area contributed by atoms with Crippen molar-refractivity contribution in [1.82, 2.24) is 0 Å². The molecule has 104 valence electrons. The molecule has 5 nitrogen and oxygen atoms in total. The van der Waals surface area contributed by atoms with Gasteiger partial charge < -0.3 is 16.4 Å². The Labute approximate surface area is 112 Å². The van der Waals surface area contributed by atoms with Crippen molar-refractivity contribution in [1.29, 1.82) is 5.41 Å². The van der Waals surface area contributed by atoms with E-state index in [0.29, 0.717) is 12.2 Å². The Balaban J connectivity index is 3.12. The van der Waals surface area contributed by atoms with E-state index in [-0.39, 0.29) is 17.7 Å². The molecule has 0 fully saturated rings. The van der Waals surface area contributed by atoms with E-state index in [0.717, 1.165) is 18.4 Å². The van der Waals surface area contributed by atoms with Gasteiger partial charge in [0.2, 0.25) is 5.96 Å². The number of guanidine groups is 2. The molecule has 1 aromatic rings. The third-order valence-corrected chi connectivity index (χ3v) is 2.65. The number of aryl methyl sites for hydroxylation is 1. The second-order valence-electron chi connectivity index (χ2n) is 4.15. The minimum absolute atomic E-state index is 0.162. The minimum Gasteiger partial charge on any atom is -0.370 e. The summed E-state index contributed by atoms with van der Waals surface area (Å²) >= 11 is 0. The third kappa shape index (κ3) is 3.94. The number of benzene rings is 1. The zero-order chi connectivity index (χ0) is 14.4. The number of aliphatic imine (C=N–C) groups is 1. The number of hydrogen-bond donors (Lipinski definition) is 3. The van der Waals surface area contributed by atoms with Crippen LogP contribution in [-0.4, -0.2) is 18.5 Å². The van der Waals surface area contributed by atoms with Gasteiger partial charge in [0.1, 0.15) is 5.82 Å². The van der Waals surface area contributed by atoms with Crippen molar-refractivity contribution in [3.8, 4) is 0 Å². The molecule has 0 unspecified atom stereocenters. The number of rotatable bonds is 4. The molecular formula is C13H20FN5. The lowest BCUT2D eigenvalue weighted by Crippen LogP contribution is -2.34. The Morgan fingerprint density at radius 1 is 1.37 bits per heavy atom. The maximum Gasteiger partial charge on any atom is 0.225 e. The van der Waals surface area contributed by atoms with Crippen LogP contribution in [0.1, 0.15) is 25.8 Å². The summed E-state index contributed by atoms with van der Waals surface area (Å²) < 4.78 is 14.1. The van der Waals surface area contributed by atoms with Gasteiger partial charge in [0.15, 0.2) is 5.96 Å². The predicted octanol–water partition coefficient (Wildman–Crippen LogP) is 1.81. The van der Waals surface area contributed by atoms with E-state index in [1.165, 1.54) is 11.0 Å². The van der Waals surface area contributed by atoms with Crippen molar-refractivity contribution in [3.63, 3.8) is 0 Å². The largest absolute Gasteiger partial charge is 0.370 e. The van der Waals surface area contributed by atoms with E-state index in [9.17, 15) is 4.39 Å². The topological polar surface area (TPSA) is 91.5 Å². The van der Waals surface area contributed by atoms with Gasteiger partial charge in [-0.3, -0.25) is 5.41 Å². The second kappa shape index (κ2) is 6.72. The van der Waals surface area contributed by atoms with Crippen LogP contribution in [0.2, 0.25) is 0 Å². The summed E-state index contributed by atoms with van der Waals surface area (Å²) in [5, 5.41) is 7.82. The molecule has 0 saturated carbocycles. The Hall–Kier alpha value is -2.11. The van der Waals surface area contributed by atoms with Crippen molar-refractivity contribution in [2.75, 3.05) is 11.4 Å². The zero-order valence-electron chi connectivity index (χ0n) is 11.3. The van der Waals surface area contributed by atoms with Crippen LogP contribution in [0, 0.1) is 11.2 Å². The fourth-order valence-corrected chi connectivity index (χ4v) is 1.74. The molecule has 0 bridgehead atoms. The Morgan fingerprint density at radius 2 is 2.05 bits per heavy atom. The summed E-state index contributed by atoms with van der Waals surface area (Å²) in [7, 11) is 0. The predicted molar refractivity (Wildman–Crippen MR) is 77.0 cm³/mol. The van der Waals surface area contributed by atoms with E-state index in [1.807, 2.05) is 19.9 Å². The highest BCUT2D eigenvalue weighted by molar-refractivity contribution is 6.01. The van der Waals surface area contributed by atoms with Gasteiger partial charge in [-0.1, -0.05) is 19.9 Å². The lowest BCUT2D eigenvalue weighted by Gasteiger charge is -2.23. The normalized spacial score (nSPS) is 10.1. The van der Waals surface area contributed by atoms with Gasteiger partial charge in [-0.2, -0.15) is 4.99 Å². The van der Waals surface area contributed by atoms with Crippen molar-refractivity contribution in [3.05, 3.63) is 29.6 Å². The summed E-state index contributed by atoms with van der Waals surface area (Å²) in [6, 6.07) is 4.96. The molecule has 6 heteroatoms. The SMILES string of the molecule is CCCN(C(=N)N=C(N)N)c1ccc(CC)cc1F. The smallest absolute Gasteiger partial charge is 0.225 e. The molecule has 1 aromatic carbocycles. The van der Waals surface area contributed by atoms with E-state index in [2.05, 4.69) is 4.99 Å². The van der Waals surface area contributed by atoms with Gasteiger partial charge in [-0.05, 0) is 30.5 Å². The molecule has 0 aromatic heterocycles. The maximum absolute atomic E-state index is 14.1. The number of nitrogens with one attached hydrogen (secondary N) is 1. The Morgan fingerprint density at radius 3 is 2.53 bits per heavy atom. The van der Waals surface area contributed by atoms with Crippen LogP contribution in [0.4, 0.5) is 10.1 Å². The molecule has 19 heavy (non-hydrogen) atoms. The van der Waals surface area contributed by atoms with Crippen LogP contribution in [0.25, 0.3) is 0 Å². The molecule has 0 aliphatic heterocycles. The zero-order valence-corrected chi connectivity index (χ0v) is 11.3. The molecule has 5 N–H and O–H groups in total. The molecular weight excluding hydrogens is 245 g/mol. The summed E-state index contributed by atoms with van der Waals surface area (Å²) in [6.45, 7) is 4.37. The maximum atomic E-state index is 14.1. The fraction of sp³-hybridized carbons (Fsp3) is 0.385. The lowest BCUT2D eigenvalue weighted by atomic mass is 10.1. The minimum atomic E-state index is -0.372. The van der Waals surface area contributed by atoms with Gasteiger partial charge >= 0.3 is 0 Å². The Bertz CT molecular complexity index is 480. The van der Waals surface area contributed by atoms with E-state index < -0.39 is 0 Å². The summed E-state index contributed by atoms with van der Waals surface area (Å²) in [5.41, 5.74) is 11.7. The number of halogens is 1. The van der Waals surface area contributed by atoms with E-state index >= 15 is 0 Å². The highest BCUT2D eigenvalue weighted by Crippen LogP contribution is 2.21. The van der Waals surface area contributed by atoms with Gasteiger partial charge in [0.25, 0.3) is 0 Å². The van der Waals surface area contributed by atoms with Crippen molar-refractivity contribution in [2.45, 2.75) is 26.7 Å². The van der Waals surface area contributed by atoms with Crippen LogP contribution >= 0.6 is 0 Å². The van der Waals surface area contributed by atoms with Crippen LogP contribution in [0.5, 0.6) is 0 Å². The number of nitrogens with zero attached hydrogens (tertiary/aromatic N) is 2. The van der Waals surface area contributed by atoms with Crippen molar-refractivity contribution in [2.24, 2.45) is 16.5 Å². The summed E-state index contributed by atoms with van der Waals surface area (Å²) in [5.74, 6) is -0.745. The molecule has 0 atom stereocenters. The molecule has 0 aliphatic rings. The van der Waals surface area contributed by atoms with Gasteiger partial charge in [0.05, 0.1) is 5.69 Å². The molecule has 0 heterocycles. The lowest BCUT2D eigenvalue weighted by molar-refractivity contribution is 0.623. The first-order valence-corrected chi connectivity index (χ1v) is 6.23. The molecule has 0 saturated heterocycles. The molecule has 0 aliphatic carbocycles. The first-order valence-electron chi connectivity index (χ1n) is 6.23. The molecule has 0 radical (unpaired) electrons. The molecule has 0 spiro atoms. The molecule has 1 rings (SSSR count). The van der Waals surface area contributed by atoms with Crippen LogP contribution in [0.3, 0.4) is 0 Å². The monoisotopic (exact) mass is 265 g/mol. The van der Waals surface area contributed by atoms with Crippen LogP contribution in [-0.2, 0) is 6.42 Å². The quantitative estimate of drug-likeness (QED) is 0.572. The fourth-order valence-electron chi connectivity index (χ4n) is 1.74. The third-order valence-electron chi connectivity index (χ3n) is 2.65. The first-order chi connectivity index (χ1) is 8.99. The number of nitrogens with two attached hydrogens (primary N) is 2. The summed E-state index contributed by atoms with van der Waals surface area (Å²) in [4.78, 5) is 5.12.